The SMILES string of the molecule is BCC(=O)N(CCNC(=O)CN(CC)C(=O)CB)CC(=O)CNC. The van der Waals surface area contributed by atoms with E-state index in [-0.39, 0.29) is 56.2 Å². The van der Waals surface area contributed by atoms with Crippen LogP contribution in [0, 0.1) is 0 Å². The van der Waals surface area contributed by atoms with Gasteiger partial charge in [-0.1, -0.05) is 0 Å². The monoisotopic (exact) mass is 338 g/mol. The van der Waals surface area contributed by atoms with Crippen LogP contribution in [0.3, 0.4) is 0 Å². The first-order valence-electron chi connectivity index (χ1n) is 8.37. The van der Waals surface area contributed by atoms with Gasteiger partial charge >= 0.3 is 0 Å². The Labute approximate surface area is 145 Å². The van der Waals surface area contributed by atoms with Gasteiger partial charge in [-0.15, -0.1) is 0 Å². The number of Topliss-reactive ketones (excluding diaryl/α,β-unsaturated/α-hetero) is 1. The first kappa shape index (κ1) is 22.2. The molecule has 0 saturated heterocycles. The molecule has 0 aromatic heterocycles. The third kappa shape index (κ3) is 8.71. The Kier molecular flexibility index (Phi) is 11.6. The minimum atomic E-state index is -0.274. The largest absolute Gasteiger partial charge is 0.353 e. The van der Waals surface area contributed by atoms with Gasteiger partial charge in [0.25, 0.3) is 0 Å². The van der Waals surface area contributed by atoms with Gasteiger partial charge in [0, 0.05) is 19.6 Å². The van der Waals surface area contributed by atoms with Gasteiger partial charge in [-0.25, -0.2) is 0 Å². The van der Waals surface area contributed by atoms with E-state index in [2.05, 4.69) is 10.6 Å². The lowest BCUT2D eigenvalue weighted by Crippen LogP contribution is -2.45. The molecule has 0 aliphatic heterocycles. The maximum Gasteiger partial charge on any atom is 0.239 e. The second-order valence-electron chi connectivity index (χ2n) is 5.35. The van der Waals surface area contributed by atoms with Crippen LogP contribution in [0.5, 0.6) is 0 Å². The molecule has 0 saturated carbocycles. The maximum absolute atomic E-state index is 11.9. The fourth-order valence-corrected chi connectivity index (χ4v) is 2.14. The Morgan fingerprint density at radius 2 is 1.54 bits per heavy atom. The summed E-state index contributed by atoms with van der Waals surface area (Å²) >= 11 is 0. The average Bonchev–Trinajstić information content (AvgIpc) is 2.57. The van der Waals surface area contributed by atoms with Crippen LogP contribution in [-0.4, -0.2) is 95.3 Å². The first-order chi connectivity index (χ1) is 11.4. The van der Waals surface area contributed by atoms with E-state index in [9.17, 15) is 19.2 Å². The summed E-state index contributed by atoms with van der Waals surface area (Å²) in [6.07, 6.45) is 0.656. The van der Waals surface area contributed by atoms with E-state index in [1.165, 1.54) is 9.80 Å². The summed E-state index contributed by atoms with van der Waals surface area (Å²) < 4.78 is 0. The molecule has 3 amide bonds. The smallest absolute Gasteiger partial charge is 0.239 e. The molecule has 0 aliphatic carbocycles. The Hall–Kier alpha value is -1.83. The van der Waals surface area contributed by atoms with Crippen molar-refractivity contribution in [2.75, 3.05) is 46.3 Å². The van der Waals surface area contributed by atoms with Crippen molar-refractivity contribution >= 4 is 39.2 Å². The van der Waals surface area contributed by atoms with Crippen molar-refractivity contribution in [3.63, 3.8) is 0 Å². The summed E-state index contributed by atoms with van der Waals surface area (Å²) in [6, 6.07) is 0. The van der Waals surface area contributed by atoms with Crippen LogP contribution >= 0.6 is 0 Å². The van der Waals surface area contributed by atoms with Crippen molar-refractivity contribution in [1.29, 1.82) is 0 Å². The lowest BCUT2D eigenvalue weighted by molar-refractivity contribution is -0.134. The Balaban J connectivity index is 4.39. The van der Waals surface area contributed by atoms with Gasteiger partial charge in [-0.3, -0.25) is 19.2 Å². The Morgan fingerprint density at radius 1 is 0.958 bits per heavy atom. The highest BCUT2D eigenvalue weighted by atomic mass is 16.2. The number of rotatable bonds is 12. The van der Waals surface area contributed by atoms with Crippen molar-refractivity contribution in [3.8, 4) is 0 Å². The molecule has 0 atom stereocenters. The fraction of sp³-hybridized carbons (Fsp3) is 0.714. The van der Waals surface area contributed by atoms with E-state index < -0.39 is 0 Å². The van der Waals surface area contributed by atoms with E-state index in [0.29, 0.717) is 19.2 Å². The summed E-state index contributed by atoms with van der Waals surface area (Å²) in [5, 5.41) is 5.44. The van der Waals surface area contributed by atoms with E-state index >= 15 is 0 Å². The molecule has 0 heterocycles. The minimum Gasteiger partial charge on any atom is -0.353 e. The van der Waals surface area contributed by atoms with Crippen molar-refractivity contribution < 1.29 is 19.2 Å². The molecule has 0 fully saturated rings. The van der Waals surface area contributed by atoms with Gasteiger partial charge in [0.2, 0.25) is 17.7 Å². The molecular weight excluding hydrogens is 310 g/mol. The third-order valence-electron chi connectivity index (χ3n) is 3.47. The summed E-state index contributed by atoms with van der Waals surface area (Å²) in [7, 11) is 5.15. The minimum absolute atomic E-state index is 0.00355. The lowest BCUT2D eigenvalue weighted by Gasteiger charge is -2.23. The molecule has 0 aromatic rings. The molecule has 0 unspecified atom stereocenters. The third-order valence-corrected chi connectivity index (χ3v) is 3.47. The van der Waals surface area contributed by atoms with Crippen LogP contribution in [-0.2, 0) is 19.2 Å². The zero-order chi connectivity index (χ0) is 18.5. The molecule has 0 aromatic carbocycles. The highest BCUT2D eigenvalue weighted by Gasteiger charge is 2.16. The normalized spacial score (nSPS) is 10.1. The number of likely N-dealkylation sites (N-methyl/N-ethyl adjacent to an activating group) is 2. The van der Waals surface area contributed by atoms with E-state index in [1.54, 1.807) is 22.7 Å². The molecule has 2 N–H and O–H groups in total. The fourth-order valence-electron chi connectivity index (χ4n) is 2.14. The van der Waals surface area contributed by atoms with Crippen molar-refractivity contribution in [1.82, 2.24) is 20.4 Å². The standard InChI is InChI=1S/C14H28B2N4O4/c1-3-19(13(23)6-15)10-12(22)18-4-5-20(14(24)7-16)9-11(21)8-17-2/h17H,3-10,15-16H2,1-2H3,(H,18,22). The van der Waals surface area contributed by atoms with Crippen molar-refractivity contribution in [3.05, 3.63) is 0 Å². The van der Waals surface area contributed by atoms with Gasteiger partial charge in [-0.2, -0.15) is 0 Å². The second-order valence-corrected chi connectivity index (χ2v) is 5.35. The number of nitrogens with one attached hydrogen (secondary N) is 2. The van der Waals surface area contributed by atoms with E-state index in [4.69, 9.17) is 0 Å². The van der Waals surface area contributed by atoms with Crippen LogP contribution in [0.2, 0.25) is 12.6 Å². The molecule has 134 valence electrons. The molecule has 8 nitrogen and oxygen atoms in total. The summed E-state index contributed by atoms with van der Waals surface area (Å²) in [4.78, 5) is 50.0. The highest BCUT2D eigenvalue weighted by Crippen LogP contribution is 1.95. The van der Waals surface area contributed by atoms with Crippen LogP contribution in [0.15, 0.2) is 0 Å². The number of carbonyl (C=O) groups excluding carboxylic acids is 4. The number of ketones is 1. The van der Waals surface area contributed by atoms with Crippen LogP contribution in [0.4, 0.5) is 0 Å². The number of nitrogens with zero attached hydrogens (tertiary/aromatic N) is 2. The van der Waals surface area contributed by atoms with Gasteiger partial charge in [0.1, 0.15) is 15.7 Å². The van der Waals surface area contributed by atoms with E-state index in [0.717, 1.165) is 0 Å². The van der Waals surface area contributed by atoms with Gasteiger partial charge in [0.05, 0.1) is 19.6 Å². The number of carbonyl (C=O) groups is 4. The molecular formula is C14H28B2N4O4. The molecule has 10 heteroatoms. The zero-order valence-electron chi connectivity index (χ0n) is 15.2. The van der Waals surface area contributed by atoms with Crippen LogP contribution in [0.25, 0.3) is 0 Å². The second kappa shape index (κ2) is 12.6. The number of hydrogen-bond acceptors (Lipinski definition) is 5. The molecule has 0 spiro atoms. The van der Waals surface area contributed by atoms with Crippen molar-refractivity contribution in [2.45, 2.75) is 19.6 Å². The quantitative estimate of drug-likeness (QED) is 0.363. The Morgan fingerprint density at radius 3 is 2.04 bits per heavy atom. The highest BCUT2D eigenvalue weighted by molar-refractivity contribution is 6.20. The predicted octanol–water partition coefficient (Wildman–Crippen LogP) is -3.33. The van der Waals surface area contributed by atoms with Crippen LogP contribution < -0.4 is 10.6 Å². The lowest BCUT2D eigenvalue weighted by atomic mass is 10.0. The summed E-state index contributed by atoms with van der Waals surface area (Å²) in [6.45, 7) is 3.03. The van der Waals surface area contributed by atoms with Crippen molar-refractivity contribution in [2.24, 2.45) is 0 Å². The zero-order valence-corrected chi connectivity index (χ0v) is 15.2. The topological polar surface area (TPSA) is 98.8 Å². The molecule has 0 radical (unpaired) electrons. The number of amides is 3. The average molecular weight is 338 g/mol. The first-order valence-corrected chi connectivity index (χ1v) is 8.37. The van der Waals surface area contributed by atoms with Gasteiger partial charge < -0.3 is 20.4 Å². The van der Waals surface area contributed by atoms with E-state index in [1.807, 2.05) is 6.92 Å². The predicted molar refractivity (Wildman–Crippen MR) is 97.5 cm³/mol. The molecule has 0 rings (SSSR count). The van der Waals surface area contributed by atoms with Gasteiger partial charge in [0.15, 0.2) is 5.78 Å². The van der Waals surface area contributed by atoms with Crippen LogP contribution in [0.1, 0.15) is 6.92 Å². The Bertz CT molecular complexity index is 448. The number of hydrogen-bond donors (Lipinski definition) is 2. The maximum atomic E-state index is 11.9. The molecule has 24 heavy (non-hydrogen) atoms. The summed E-state index contributed by atoms with van der Waals surface area (Å²) in [5.41, 5.74) is 0. The molecule has 0 aliphatic rings. The molecule has 0 bridgehead atoms. The summed E-state index contributed by atoms with van der Waals surface area (Å²) in [5.74, 6) is -0.571. The van der Waals surface area contributed by atoms with Gasteiger partial charge in [-0.05, 0) is 26.6 Å².